The third-order valence-corrected chi connectivity index (χ3v) is 2.18. The van der Waals surface area contributed by atoms with Gasteiger partial charge in [-0.25, -0.2) is 0 Å². The molecule has 6 nitrogen and oxygen atoms in total. The van der Waals surface area contributed by atoms with Crippen LogP contribution in [-0.4, -0.2) is 22.1 Å². The first-order valence-corrected chi connectivity index (χ1v) is 5.54. The molecule has 0 saturated heterocycles. The van der Waals surface area contributed by atoms with Gasteiger partial charge in [0.25, 0.3) is 0 Å². The zero-order valence-corrected chi connectivity index (χ0v) is 9.75. The van der Waals surface area contributed by atoms with Gasteiger partial charge in [-0.3, -0.25) is 0 Å². The second-order valence-electron chi connectivity index (χ2n) is 4.23. The average molecular weight is 238 g/mol. The highest BCUT2D eigenvalue weighted by Crippen LogP contribution is 2.35. The molecule has 1 heterocycles. The van der Waals surface area contributed by atoms with Gasteiger partial charge < -0.3 is 19.6 Å². The van der Waals surface area contributed by atoms with Gasteiger partial charge in [-0.2, -0.15) is 0 Å². The van der Waals surface area contributed by atoms with E-state index in [0.717, 1.165) is 12.8 Å². The summed E-state index contributed by atoms with van der Waals surface area (Å²) < 4.78 is 11.1. The van der Waals surface area contributed by atoms with Gasteiger partial charge in [-0.15, -0.1) is 0 Å². The van der Waals surface area contributed by atoms with Gasteiger partial charge in [-0.1, -0.05) is 0 Å². The zero-order chi connectivity index (χ0) is 12.4. The van der Waals surface area contributed by atoms with Crippen LogP contribution >= 0.6 is 0 Å². The molecule has 0 amide bonds. The number of nitro groups is 1. The maximum absolute atomic E-state index is 10.6. The van der Waals surface area contributed by atoms with Crippen molar-refractivity contribution < 1.29 is 14.4 Å². The quantitative estimate of drug-likeness (QED) is 0.581. The molecule has 1 aliphatic rings. The SMILES string of the molecule is CC(C)Oc1cc([N+](=O)[O-])ncc1OC1CC1. The van der Waals surface area contributed by atoms with Crippen molar-refractivity contribution in [1.29, 1.82) is 0 Å². The molecule has 1 aliphatic carbocycles. The van der Waals surface area contributed by atoms with Crippen molar-refractivity contribution in [3.63, 3.8) is 0 Å². The van der Waals surface area contributed by atoms with Crippen molar-refractivity contribution in [1.82, 2.24) is 4.98 Å². The van der Waals surface area contributed by atoms with Crippen LogP contribution in [0.4, 0.5) is 5.82 Å². The van der Waals surface area contributed by atoms with E-state index in [1.807, 2.05) is 13.8 Å². The second kappa shape index (κ2) is 4.57. The predicted molar refractivity (Wildman–Crippen MR) is 60.3 cm³/mol. The Kier molecular flexibility index (Phi) is 3.12. The molecule has 0 bridgehead atoms. The van der Waals surface area contributed by atoms with Crippen molar-refractivity contribution in [3.05, 3.63) is 22.4 Å². The third-order valence-electron chi connectivity index (χ3n) is 2.18. The van der Waals surface area contributed by atoms with E-state index in [1.165, 1.54) is 12.3 Å². The molecule has 0 unspecified atom stereocenters. The van der Waals surface area contributed by atoms with Crippen LogP contribution in [0.1, 0.15) is 26.7 Å². The number of hydrogen-bond acceptors (Lipinski definition) is 5. The first kappa shape index (κ1) is 11.6. The first-order chi connectivity index (χ1) is 8.06. The summed E-state index contributed by atoms with van der Waals surface area (Å²) in [7, 11) is 0. The Labute approximate surface area is 98.7 Å². The minimum absolute atomic E-state index is 0.0708. The van der Waals surface area contributed by atoms with Gasteiger partial charge >= 0.3 is 5.82 Å². The minimum atomic E-state index is -0.548. The summed E-state index contributed by atoms with van der Waals surface area (Å²) in [6.45, 7) is 3.71. The van der Waals surface area contributed by atoms with E-state index in [0.29, 0.717) is 11.5 Å². The number of aromatic nitrogens is 1. The molecule has 0 aliphatic heterocycles. The fraction of sp³-hybridized carbons (Fsp3) is 0.545. The molecule has 6 heteroatoms. The molecule has 0 N–H and O–H groups in total. The van der Waals surface area contributed by atoms with Crippen LogP contribution in [0.15, 0.2) is 12.3 Å². The maximum Gasteiger partial charge on any atom is 0.367 e. The zero-order valence-electron chi connectivity index (χ0n) is 9.75. The van der Waals surface area contributed by atoms with Gasteiger partial charge in [0.2, 0.25) is 5.75 Å². The Bertz CT molecular complexity index is 429. The van der Waals surface area contributed by atoms with Gasteiger partial charge in [0, 0.05) is 0 Å². The lowest BCUT2D eigenvalue weighted by Gasteiger charge is -2.13. The molecule has 1 fully saturated rings. The van der Waals surface area contributed by atoms with E-state index < -0.39 is 4.92 Å². The topological polar surface area (TPSA) is 74.5 Å². The lowest BCUT2D eigenvalue weighted by atomic mass is 10.3. The lowest BCUT2D eigenvalue weighted by Crippen LogP contribution is -2.09. The summed E-state index contributed by atoms with van der Waals surface area (Å²) in [5.74, 6) is 0.629. The van der Waals surface area contributed by atoms with Gasteiger partial charge in [0.05, 0.1) is 18.3 Å². The lowest BCUT2D eigenvalue weighted by molar-refractivity contribution is -0.389. The van der Waals surface area contributed by atoms with Crippen LogP contribution in [0.3, 0.4) is 0 Å². The molecule has 2 rings (SSSR count). The molecule has 1 aromatic heterocycles. The van der Waals surface area contributed by atoms with Crippen molar-refractivity contribution in [2.75, 3.05) is 0 Å². The number of pyridine rings is 1. The molecule has 1 saturated carbocycles. The molecular weight excluding hydrogens is 224 g/mol. The van der Waals surface area contributed by atoms with Crippen molar-refractivity contribution >= 4 is 5.82 Å². The summed E-state index contributed by atoms with van der Waals surface area (Å²) in [6, 6.07) is 1.30. The van der Waals surface area contributed by atoms with Crippen LogP contribution in [0.2, 0.25) is 0 Å². The Balaban J connectivity index is 2.25. The standard InChI is InChI=1S/C11H14N2O4/c1-7(2)16-9-5-11(13(14)15)12-6-10(9)17-8-3-4-8/h5-8H,3-4H2,1-2H3. The molecule has 0 radical (unpaired) electrons. The normalized spacial score (nSPS) is 14.8. The van der Waals surface area contributed by atoms with Crippen LogP contribution < -0.4 is 9.47 Å². The largest absolute Gasteiger partial charge is 0.487 e. The first-order valence-electron chi connectivity index (χ1n) is 5.54. The van der Waals surface area contributed by atoms with Crippen LogP contribution in [0.25, 0.3) is 0 Å². The van der Waals surface area contributed by atoms with Crippen molar-refractivity contribution in [3.8, 4) is 11.5 Å². The third kappa shape index (κ3) is 3.05. The van der Waals surface area contributed by atoms with E-state index >= 15 is 0 Å². The molecule has 92 valence electrons. The van der Waals surface area contributed by atoms with E-state index in [9.17, 15) is 10.1 Å². The summed E-state index contributed by atoms with van der Waals surface area (Å²) in [5, 5.41) is 10.6. The van der Waals surface area contributed by atoms with Gasteiger partial charge in [0.1, 0.15) is 0 Å². The fourth-order valence-corrected chi connectivity index (χ4v) is 1.31. The number of rotatable bonds is 5. The van der Waals surface area contributed by atoms with Crippen LogP contribution in [-0.2, 0) is 0 Å². The fourth-order valence-electron chi connectivity index (χ4n) is 1.31. The second-order valence-corrected chi connectivity index (χ2v) is 4.23. The molecule has 17 heavy (non-hydrogen) atoms. The van der Waals surface area contributed by atoms with Gasteiger partial charge in [0.15, 0.2) is 11.9 Å². The van der Waals surface area contributed by atoms with Crippen molar-refractivity contribution in [2.24, 2.45) is 0 Å². The molecule has 0 atom stereocenters. The monoisotopic (exact) mass is 238 g/mol. The summed E-state index contributed by atoms with van der Waals surface area (Å²) in [5.41, 5.74) is 0. The van der Waals surface area contributed by atoms with E-state index in [4.69, 9.17) is 9.47 Å². The molecule has 1 aromatic rings. The highest BCUT2D eigenvalue weighted by molar-refractivity contribution is 5.43. The number of ether oxygens (including phenoxy) is 2. The van der Waals surface area contributed by atoms with E-state index in [2.05, 4.69) is 4.98 Å². The predicted octanol–water partition coefficient (Wildman–Crippen LogP) is 2.32. The minimum Gasteiger partial charge on any atom is -0.487 e. The van der Waals surface area contributed by atoms with Gasteiger partial charge in [-0.05, 0) is 36.6 Å². The Morgan fingerprint density at radius 2 is 2.18 bits per heavy atom. The van der Waals surface area contributed by atoms with E-state index in [-0.39, 0.29) is 18.0 Å². The summed E-state index contributed by atoms with van der Waals surface area (Å²) >= 11 is 0. The van der Waals surface area contributed by atoms with Crippen LogP contribution in [0.5, 0.6) is 11.5 Å². The highest BCUT2D eigenvalue weighted by Gasteiger charge is 2.27. The Morgan fingerprint density at radius 3 is 2.71 bits per heavy atom. The highest BCUT2D eigenvalue weighted by atomic mass is 16.6. The van der Waals surface area contributed by atoms with Crippen LogP contribution in [0, 0.1) is 10.1 Å². The molecular formula is C11H14N2O4. The van der Waals surface area contributed by atoms with E-state index in [1.54, 1.807) is 0 Å². The van der Waals surface area contributed by atoms with Crippen molar-refractivity contribution in [2.45, 2.75) is 38.9 Å². The molecule has 0 spiro atoms. The maximum atomic E-state index is 10.6. The number of hydrogen-bond donors (Lipinski definition) is 0. The summed E-state index contributed by atoms with van der Waals surface area (Å²) in [6.07, 6.45) is 3.51. The Hall–Kier alpha value is -1.85. The summed E-state index contributed by atoms with van der Waals surface area (Å²) in [4.78, 5) is 13.8. The number of nitrogens with zero attached hydrogens (tertiary/aromatic N) is 2. The Morgan fingerprint density at radius 1 is 1.47 bits per heavy atom. The average Bonchev–Trinajstić information content (AvgIpc) is 3.03. The molecule has 0 aromatic carbocycles. The smallest absolute Gasteiger partial charge is 0.367 e.